The van der Waals surface area contributed by atoms with Crippen LogP contribution in [0.15, 0.2) is 50.5 Å². The predicted octanol–water partition coefficient (Wildman–Crippen LogP) is 2.87. The SMILES string of the molecule is NCc1ccc(Br)c(S(=O)(=O)Nc2ccncc2Br)c1. The number of nitrogens with one attached hydrogen (secondary N) is 1. The molecule has 2 aromatic rings. The summed E-state index contributed by atoms with van der Waals surface area (Å²) in [6, 6.07) is 6.55. The molecular formula is C12H11Br2N3O2S. The van der Waals surface area contributed by atoms with Crippen molar-refractivity contribution in [1.82, 2.24) is 4.98 Å². The summed E-state index contributed by atoms with van der Waals surface area (Å²) in [7, 11) is -3.71. The number of anilines is 1. The van der Waals surface area contributed by atoms with Crippen LogP contribution >= 0.6 is 31.9 Å². The van der Waals surface area contributed by atoms with Crippen molar-refractivity contribution >= 4 is 47.6 Å². The fourth-order valence-electron chi connectivity index (χ4n) is 1.54. The average Bonchev–Trinajstić information content (AvgIpc) is 2.41. The van der Waals surface area contributed by atoms with E-state index in [1.165, 1.54) is 12.4 Å². The summed E-state index contributed by atoms with van der Waals surface area (Å²) >= 11 is 6.49. The third-order valence-electron chi connectivity index (χ3n) is 2.54. The topological polar surface area (TPSA) is 85.1 Å². The molecule has 1 aromatic heterocycles. The molecule has 0 bridgehead atoms. The Morgan fingerprint density at radius 2 is 1.95 bits per heavy atom. The summed E-state index contributed by atoms with van der Waals surface area (Å²) in [5.74, 6) is 0. The lowest BCUT2D eigenvalue weighted by Gasteiger charge is -2.11. The molecule has 5 nitrogen and oxygen atoms in total. The minimum atomic E-state index is -3.71. The maximum absolute atomic E-state index is 12.4. The molecule has 0 aliphatic carbocycles. The van der Waals surface area contributed by atoms with Crippen LogP contribution in [0.5, 0.6) is 0 Å². The Morgan fingerprint density at radius 1 is 1.20 bits per heavy atom. The van der Waals surface area contributed by atoms with Crippen molar-refractivity contribution < 1.29 is 8.42 Å². The van der Waals surface area contributed by atoms with Gasteiger partial charge in [0.2, 0.25) is 0 Å². The van der Waals surface area contributed by atoms with E-state index in [9.17, 15) is 8.42 Å². The van der Waals surface area contributed by atoms with Crippen molar-refractivity contribution in [2.75, 3.05) is 4.72 Å². The van der Waals surface area contributed by atoms with Gasteiger partial charge in [-0.3, -0.25) is 9.71 Å². The van der Waals surface area contributed by atoms with Crippen molar-refractivity contribution in [3.63, 3.8) is 0 Å². The zero-order valence-electron chi connectivity index (χ0n) is 10.2. The van der Waals surface area contributed by atoms with Crippen molar-refractivity contribution in [2.45, 2.75) is 11.4 Å². The summed E-state index contributed by atoms with van der Waals surface area (Å²) in [6.07, 6.45) is 3.02. The van der Waals surface area contributed by atoms with Crippen LogP contribution in [0.1, 0.15) is 5.56 Å². The van der Waals surface area contributed by atoms with Crippen molar-refractivity contribution in [2.24, 2.45) is 5.73 Å². The van der Waals surface area contributed by atoms with E-state index in [-0.39, 0.29) is 11.4 Å². The number of aromatic nitrogens is 1. The molecule has 0 aliphatic heterocycles. The molecule has 0 saturated carbocycles. The van der Waals surface area contributed by atoms with Gasteiger partial charge in [-0.15, -0.1) is 0 Å². The van der Waals surface area contributed by atoms with Crippen LogP contribution in [0.2, 0.25) is 0 Å². The first-order chi connectivity index (χ1) is 9.44. The Balaban J connectivity index is 2.43. The van der Waals surface area contributed by atoms with Crippen molar-refractivity contribution in [1.29, 1.82) is 0 Å². The molecule has 0 unspecified atom stereocenters. The number of nitrogens with zero attached hydrogens (tertiary/aromatic N) is 1. The molecule has 8 heteroatoms. The first kappa shape index (κ1) is 15.4. The van der Waals surface area contributed by atoms with Gasteiger partial charge in [0, 0.05) is 23.4 Å². The molecule has 2 rings (SSSR count). The summed E-state index contributed by atoms with van der Waals surface area (Å²) in [4.78, 5) is 4.03. The molecule has 1 aromatic carbocycles. The molecule has 0 spiro atoms. The second-order valence-electron chi connectivity index (χ2n) is 3.93. The van der Waals surface area contributed by atoms with Crippen LogP contribution in [0.25, 0.3) is 0 Å². The standard InChI is InChI=1S/C12H11Br2N3O2S/c13-9-2-1-8(6-15)5-12(9)20(18,19)17-11-3-4-16-7-10(11)14/h1-5,7H,6,15H2,(H,16,17). The van der Waals surface area contributed by atoms with Gasteiger partial charge in [-0.05, 0) is 55.6 Å². The van der Waals surface area contributed by atoms with Crippen LogP contribution in [0, 0.1) is 0 Å². The maximum atomic E-state index is 12.4. The second-order valence-corrected chi connectivity index (χ2v) is 7.29. The van der Waals surface area contributed by atoms with E-state index in [0.717, 1.165) is 5.56 Å². The smallest absolute Gasteiger partial charge is 0.263 e. The molecule has 20 heavy (non-hydrogen) atoms. The highest BCUT2D eigenvalue weighted by atomic mass is 79.9. The molecule has 0 radical (unpaired) electrons. The normalized spacial score (nSPS) is 11.3. The number of rotatable bonds is 4. The van der Waals surface area contributed by atoms with Gasteiger partial charge in [-0.25, -0.2) is 8.42 Å². The number of halogens is 2. The highest BCUT2D eigenvalue weighted by Gasteiger charge is 2.19. The van der Waals surface area contributed by atoms with E-state index < -0.39 is 10.0 Å². The lowest BCUT2D eigenvalue weighted by atomic mass is 10.2. The number of benzene rings is 1. The van der Waals surface area contributed by atoms with Gasteiger partial charge >= 0.3 is 0 Å². The maximum Gasteiger partial charge on any atom is 0.263 e. The van der Waals surface area contributed by atoms with Gasteiger partial charge in [0.25, 0.3) is 10.0 Å². The zero-order valence-corrected chi connectivity index (χ0v) is 14.2. The number of hydrogen-bond acceptors (Lipinski definition) is 4. The summed E-state index contributed by atoms with van der Waals surface area (Å²) in [6.45, 7) is 0.273. The van der Waals surface area contributed by atoms with Crippen LogP contribution in [-0.2, 0) is 16.6 Å². The summed E-state index contributed by atoms with van der Waals surface area (Å²) in [5, 5.41) is 0. The molecule has 0 saturated heterocycles. The van der Waals surface area contributed by atoms with Gasteiger partial charge in [-0.1, -0.05) is 6.07 Å². The first-order valence-electron chi connectivity index (χ1n) is 5.55. The fraction of sp³-hybridized carbons (Fsp3) is 0.0833. The monoisotopic (exact) mass is 419 g/mol. The van der Waals surface area contributed by atoms with Crippen molar-refractivity contribution in [3.8, 4) is 0 Å². The van der Waals surface area contributed by atoms with Gasteiger partial charge in [0.15, 0.2) is 0 Å². The van der Waals surface area contributed by atoms with E-state index in [2.05, 4.69) is 41.6 Å². The van der Waals surface area contributed by atoms with Gasteiger partial charge in [0.1, 0.15) is 4.90 Å². The molecule has 0 fully saturated rings. The van der Waals surface area contributed by atoms with Gasteiger partial charge < -0.3 is 5.73 Å². The first-order valence-corrected chi connectivity index (χ1v) is 8.62. The summed E-state index contributed by atoms with van der Waals surface area (Å²) < 4.78 is 28.4. The van der Waals surface area contributed by atoms with E-state index in [1.807, 2.05) is 0 Å². The number of hydrogen-bond donors (Lipinski definition) is 2. The highest BCUT2D eigenvalue weighted by Crippen LogP contribution is 2.28. The quantitative estimate of drug-likeness (QED) is 0.796. The summed E-state index contributed by atoms with van der Waals surface area (Å²) in [5.41, 5.74) is 6.70. The molecule has 3 N–H and O–H groups in total. The van der Waals surface area contributed by atoms with Crippen LogP contribution in [0.4, 0.5) is 5.69 Å². The zero-order chi connectivity index (χ0) is 14.8. The third kappa shape index (κ3) is 3.38. The molecule has 0 amide bonds. The largest absolute Gasteiger partial charge is 0.326 e. The van der Waals surface area contributed by atoms with Crippen LogP contribution in [-0.4, -0.2) is 13.4 Å². The molecule has 0 atom stereocenters. The van der Waals surface area contributed by atoms with Gasteiger partial charge in [-0.2, -0.15) is 0 Å². The van der Waals surface area contributed by atoms with Crippen LogP contribution in [0.3, 0.4) is 0 Å². The fourth-order valence-corrected chi connectivity index (χ4v) is 4.11. The predicted molar refractivity (Wildman–Crippen MR) is 84.8 cm³/mol. The number of nitrogens with two attached hydrogens (primary N) is 1. The van der Waals surface area contributed by atoms with E-state index in [4.69, 9.17) is 5.73 Å². The second kappa shape index (κ2) is 6.21. The van der Waals surface area contributed by atoms with E-state index in [1.54, 1.807) is 24.3 Å². The molecule has 106 valence electrons. The molecule has 1 heterocycles. The number of sulfonamides is 1. The number of pyridine rings is 1. The average molecular weight is 421 g/mol. The van der Waals surface area contributed by atoms with Gasteiger partial charge in [0.05, 0.1) is 10.2 Å². The minimum absolute atomic E-state index is 0.143. The highest BCUT2D eigenvalue weighted by molar-refractivity contribution is 9.11. The van der Waals surface area contributed by atoms with E-state index in [0.29, 0.717) is 14.6 Å². The minimum Gasteiger partial charge on any atom is -0.326 e. The Bertz CT molecular complexity index is 735. The Morgan fingerprint density at radius 3 is 2.60 bits per heavy atom. The Kier molecular flexibility index (Phi) is 4.79. The lowest BCUT2D eigenvalue weighted by Crippen LogP contribution is -2.14. The van der Waals surface area contributed by atoms with Crippen LogP contribution < -0.4 is 10.5 Å². The van der Waals surface area contributed by atoms with Crippen molar-refractivity contribution in [3.05, 3.63) is 51.2 Å². The Labute approximate surface area is 133 Å². The third-order valence-corrected chi connectivity index (χ3v) is 5.53. The van der Waals surface area contributed by atoms with E-state index >= 15 is 0 Å². The molecular weight excluding hydrogens is 410 g/mol. The Hall–Kier alpha value is -0.960. The lowest BCUT2D eigenvalue weighted by molar-refractivity contribution is 0.600. The molecule has 0 aliphatic rings.